The summed E-state index contributed by atoms with van der Waals surface area (Å²) in [6.45, 7) is 0. The van der Waals surface area contributed by atoms with Crippen LogP contribution in [0.25, 0.3) is 0 Å². The lowest BCUT2D eigenvalue weighted by atomic mass is 8.69. The molecular formula is C27H25B. The molecular weight excluding hydrogens is 335 g/mol. The first-order valence-electron chi connectivity index (χ1n) is 13.7. The summed E-state index contributed by atoms with van der Waals surface area (Å²) in [4.78, 5) is 0. The van der Waals surface area contributed by atoms with Gasteiger partial charge >= 0.3 is 0 Å². The van der Waals surface area contributed by atoms with Crippen molar-refractivity contribution in [3.05, 3.63) is 0 Å². The Labute approximate surface area is 165 Å². The molecule has 0 aromatic heterocycles. The van der Waals surface area contributed by atoms with Crippen molar-refractivity contribution in [2.24, 2.45) is 127 Å². The minimum atomic E-state index is 0.883. The summed E-state index contributed by atoms with van der Waals surface area (Å²) in [5.74, 6) is 20.0. The smallest absolute Gasteiger partial charge is 0.0512 e. The third-order valence-corrected chi connectivity index (χ3v) is 20.7. The molecule has 16 fully saturated rings. The van der Waals surface area contributed by atoms with E-state index in [4.69, 9.17) is 0 Å². The van der Waals surface area contributed by atoms with Gasteiger partial charge < -0.3 is 0 Å². The van der Waals surface area contributed by atoms with Crippen molar-refractivity contribution in [2.75, 3.05) is 0 Å². The quantitative estimate of drug-likeness (QED) is 0.583. The summed E-state index contributed by atoms with van der Waals surface area (Å²) in [5, 5.41) is 0.883. The maximum Gasteiger partial charge on any atom is 0.110 e. The molecule has 14 unspecified atom stereocenters. The minimum absolute atomic E-state index is 0.883. The third kappa shape index (κ3) is 0.341. The van der Waals surface area contributed by atoms with Crippen molar-refractivity contribution in [2.45, 2.75) is 31.0 Å². The van der Waals surface area contributed by atoms with Gasteiger partial charge in [-0.3, -0.25) is 0 Å². The lowest BCUT2D eigenvalue weighted by Crippen LogP contribution is -3.31. The Morgan fingerprint density at radius 2 is 0.893 bits per heavy atom. The van der Waals surface area contributed by atoms with Gasteiger partial charge in [0.25, 0.3) is 0 Å². The Kier molecular flexibility index (Phi) is 0.773. The second-order valence-corrected chi connectivity index (χ2v) is 17.0. The number of rotatable bonds is 0. The molecule has 0 heterocycles. The first kappa shape index (κ1) is 11.1. The fourth-order valence-corrected chi connectivity index (χ4v) is 23.8. The number of hydrogen-bond donors (Lipinski definition) is 0. The van der Waals surface area contributed by atoms with Crippen LogP contribution in [0.3, 0.4) is 0 Å². The van der Waals surface area contributed by atoms with Gasteiger partial charge in [-0.05, 0) is 140 Å². The van der Waals surface area contributed by atoms with Crippen LogP contribution in [0.5, 0.6) is 0 Å². The molecule has 1 heteroatoms. The normalized spacial score (nSPS) is 116. The topological polar surface area (TPSA) is 0 Å². The summed E-state index contributed by atoms with van der Waals surface area (Å²) in [6, 6.07) is 0. The van der Waals surface area contributed by atoms with Gasteiger partial charge in [0, 0.05) is 0 Å². The molecule has 16 saturated carbocycles. The maximum absolute atomic E-state index is 2.78. The van der Waals surface area contributed by atoms with Gasteiger partial charge in [-0.15, -0.1) is 0 Å². The highest BCUT2D eigenvalue weighted by Crippen LogP contribution is 3.35. The molecule has 0 amide bonds. The van der Waals surface area contributed by atoms with E-state index in [-0.39, 0.29) is 0 Å². The molecule has 28 heavy (non-hydrogen) atoms. The zero-order valence-electron chi connectivity index (χ0n) is 16.5. The molecule has 0 aromatic rings. The van der Waals surface area contributed by atoms with Gasteiger partial charge in [0.15, 0.2) is 0 Å². The van der Waals surface area contributed by atoms with Crippen LogP contribution in [0, 0.1) is 127 Å². The van der Waals surface area contributed by atoms with Crippen molar-refractivity contribution in [1.82, 2.24) is 0 Å². The first-order chi connectivity index (χ1) is 13.7. The lowest BCUT2D eigenvalue weighted by Gasteiger charge is -3.34. The van der Waals surface area contributed by atoms with Crippen LogP contribution in [0.4, 0.5) is 0 Å². The minimum Gasteiger partial charge on any atom is -0.0512 e. The van der Waals surface area contributed by atoms with E-state index >= 15 is 0 Å². The van der Waals surface area contributed by atoms with Crippen molar-refractivity contribution in [3.63, 3.8) is 0 Å². The average Bonchev–Trinajstić information content (AvgIpc) is 2.56. The summed E-state index contributed by atoms with van der Waals surface area (Å²) in [6.07, 6.45) is 6.86. The molecule has 0 saturated heterocycles. The van der Waals surface area contributed by atoms with Gasteiger partial charge in [-0.1, -0.05) is 18.2 Å². The Balaban J connectivity index is 1.03. The van der Waals surface area contributed by atoms with Crippen LogP contribution in [0.1, 0.15) is 25.7 Å². The largest absolute Gasteiger partial charge is 0.110 e. The molecule has 0 aliphatic heterocycles. The predicted octanol–water partition coefficient (Wildman–Crippen LogP) is 2.70. The monoisotopic (exact) mass is 360 g/mol. The zero-order valence-corrected chi connectivity index (χ0v) is 16.5. The molecule has 0 nitrogen and oxygen atoms in total. The summed E-state index contributed by atoms with van der Waals surface area (Å²) < 4.78 is 0. The van der Waals surface area contributed by atoms with E-state index in [2.05, 4.69) is 7.85 Å². The third-order valence-electron chi connectivity index (χ3n) is 20.7. The van der Waals surface area contributed by atoms with Gasteiger partial charge in [0.1, 0.15) is 7.85 Å². The van der Waals surface area contributed by atoms with Crippen LogP contribution in [0.15, 0.2) is 0 Å². The molecule has 14 atom stereocenters. The zero-order chi connectivity index (χ0) is 16.5. The maximum atomic E-state index is 2.78. The predicted molar refractivity (Wildman–Crippen MR) is 99.1 cm³/mol. The lowest BCUT2D eigenvalue weighted by molar-refractivity contribution is -0.879. The van der Waals surface area contributed by atoms with E-state index < -0.39 is 0 Å². The van der Waals surface area contributed by atoms with Crippen molar-refractivity contribution in [1.29, 1.82) is 0 Å². The molecule has 0 bridgehead atoms. The van der Waals surface area contributed by atoms with Crippen LogP contribution < -0.4 is 0 Å². The van der Waals surface area contributed by atoms with Crippen LogP contribution in [-0.2, 0) is 0 Å². The second-order valence-electron chi connectivity index (χ2n) is 17.0. The van der Waals surface area contributed by atoms with E-state index in [0.717, 1.165) is 43.2 Å². The van der Waals surface area contributed by atoms with Crippen molar-refractivity contribution >= 4 is 7.85 Å². The van der Waals surface area contributed by atoms with Crippen LogP contribution in [0.2, 0.25) is 5.31 Å². The molecule has 0 N–H and O–H groups in total. The summed E-state index contributed by atoms with van der Waals surface area (Å²) >= 11 is 0. The number of hydrogen-bond acceptors (Lipinski definition) is 0. The van der Waals surface area contributed by atoms with E-state index in [1.165, 1.54) is 88.8 Å². The molecule has 136 valence electrons. The fraction of sp³-hybridized carbons (Fsp3) is 1.00. The van der Waals surface area contributed by atoms with Crippen molar-refractivity contribution in [3.8, 4) is 0 Å². The Hall–Kier alpha value is 0.0649. The van der Waals surface area contributed by atoms with Gasteiger partial charge in [-0.2, -0.15) is 0 Å². The van der Waals surface area contributed by atoms with E-state index in [1.807, 2.05) is 0 Å². The van der Waals surface area contributed by atoms with Gasteiger partial charge in [0.2, 0.25) is 0 Å². The highest BCUT2D eigenvalue weighted by molar-refractivity contribution is 6.19. The molecule has 16 aliphatic carbocycles. The molecule has 16 rings (SSSR count). The Bertz CT molecular complexity index is 1210. The first-order valence-corrected chi connectivity index (χ1v) is 13.7. The van der Waals surface area contributed by atoms with E-state index in [0.29, 0.717) is 0 Å². The molecule has 16 aliphatic rings. The second kappa shape index (κ2) is 1.95. The van der Waals surface area contributed by atoms with E-state index in [9.17, 15) is 0 Å². The standard InChI is InChI=1S/C27H25B/c28-20-3-8-12-16-18-14-10-6-1-5-2-7-11-15-19-17-13-9(4-20)22(8,20)24(12,13)26(16,17)27(18,19)25(14,15)23(10,11)21(5,6)7/h5-19H,1-4,28H2. The van der Waals surface area contributed by atoms with E-state index in [1.54, 1.807) is 25.7 Å². The van der Waals surface area contributed by atoms with Crippen LogP contribution >= 0.6 is 0 Å². The Morgan fingerprint density at radius 3 is 1.39 bits per heavy atom. The molecule has 7 spiro atoms. The SMILES string of the molecule is BC12CC3C4C5C6C7C8C9CC%10CC%11C%12C%13C%14C%15C%16C(C1)C32C4%16C5%15C6%14C7%13C8%12C%109%11. The molecule has 0 aromatic carbocycles. The Morgan fingerprint density at radius 1 is 0.464 bits per heavy atom. The summed E-state index contributed by atoms with van der Waals surface area (Å²) in [5.41, 5.74) is 7.48. The molecule has 0 radical (unpaired) electrons. The van der Waals surface area contributed by atoms with Crippen LogP contribution in [-0.4, -0.2) is 7.85 Å². The highest BCUT2D eigenvalue weighted by Gasteiger charge is 3.32. The van der Waals surface area contributed by atoms with Gasteiger partial charge in [-0.25, -0.2) is 0 Å². The summed E-state index contributed by atoms with van der Waals surface area (Å²) in [7, 11) is 2.78. The van der Waals surface area contributed by atoms with Gasteiger partial charge in [0.05, 0.1) is 0 Å². The fourth-order valence-electron chi connectivity index (χ4n) is 23.8. The highest BCUT2D eigenvalue weighted by atomic mass is 15.3. The van der Waals surface area contributed by atoms with Crippen molar-refractivity contribution < 1.29 is 0 Å². The number of fused-ring (bicyclic) bond motifs is 12. The average molecular weight is 360 g/mol.